The van der Waals surface area contributed by atoms with Crippen LogP contribution in [0.1, 0.15) is 17.5 Å². The lowest BCUT2D eigenvalue weighted by Gasteiger charge is -2.32. The van der Waals surface area contributed by atoms with Crippen molar-refractivity contribution in [3.8, 4) is 0 Å². The number of nitrogens with zero attached hydrogens (tertiary/aromatic N) is 2. The topological polar surface area (TPSA) is 40.6 Å². The fourth-order valence-electron chi connectivity index (χ4n) is 4.01. The van der Waals surface area contributed by atoms with Gasteiger partial charge in [0, 0.05) is 26.1 Å². The van der Waals surface area contributed by atoms with Crippen LogP contribution in [0.25, 0.3) is 0 Å². The number of amides is 2. The Morgan fingerprint density at radius 3 is 2.04 bits per heavy atom. The van der Waals surface area contributed by atoms with Crippen molar-refractivity contribution in [2.75, 3.05) is 13.1 Å². The standard InChI is InChI=1S/C21H22N2O2/c24-20-11-18-14-22(12-16-7-3-1-4-8-16)15-19(18)21(25)23(20)13-17-9-5-2-6-10-17/h1-10,18-19H,11-15H2. The predicted molar refractivity (Wildman–Crippen MR) is 95.3 cm³/mol. The van der Waals surface area contributed by atoms with E-state index in [1.807, 2.05) is 48.5 Å². The van der Waals surface area contributed by atoms with Crippen LogP contribution in [0.3, 0.4) is 0 Å². The number of carbonyl (C=O) groups is 2. The molecule has 2 aromatic carbocycles. The maximum atomic E-state index is 12.9. The van der Waals surface area contributed by atoms with Crippen molar-refractivity contribution >= 4 is 11.8 Å². The molecule has 2 saturated heterocycles. The first-order valence-electron chi connectivity index (χ1n) is 8.85. The van der Waals surface area contributed by atoms with E-state index in [-0.39, 0.29) is 23.7 Å². The summed E-state index contributed by atoms with van der Waals surface area (Å²) in [6, 6.07) is 20.0. The molecule has 2 aliphatic heterocycles. The largest absolute Gasteiger partial charge is 0.298 e. The van der Waals surface area contributed by atoms with Gasteiger partial charge in [0.05, 0.1) is 12.5 Å². The van der Waals surface area contributed by atoms with E-state index in [2.05, 4.69) is 17.0 Å². The highest BCUT2D eigenvalue weighted by atomic mass is 16.2. The summed E-state index contributed by atoms with van der Waals surface area (Å²) in [5.74, 6) is 0.0817. The third-order valence-corrected chi connectivity index (χ3v) is 5.27. The van der Waals surface area contributed by atoms with Crippen LogP contribution in [0.2, 0.25) is 0 Å². The van der Waals surface area contributed by atoms with Crippen molar-refractivity contribution in [1.29, 1.82) is 0 Å². The number of hydrogen-bond acceptors (Lipinski definition) is 3. The predicted octanol–water partition coefficient (Wildman–Crippen LogP) is 2.69. The summed E-state index contributed by atoms with van der Waals surface area (Å²) >= 11 is 0. The van der Waals surface area contributed by atoms with Crippen LogP contribution in [0.5, 0.6) is 0 Å². The number of piperidine rings is 1. The van der Waals surface area contributed by atoms with E-state index < -0.39 is 0 Å². The quantitative estimate of drug-likeness (QED) is 0.807. The van der Waals surface area contributed by atoms with Crippen LogP contribution < -0.4 is 0 Å². The van der Waals surface area contributed by atoms with Crippen LogP contribution in [0, 0.1) is 11.8 Å². The molecule has 2 unspecified atom stereocenters. The van der Waals surface area contributed by atoms with Crippen molar-refractivity contribution in [1.82, 2.24) is 9.80 Å². The van der Waals surface area contributed by atoms with Crippen molar-refractivity contribution in [2.45, 2.75) is 19.5 Å². The number of likely N-dealkylation sites (tertiary alicyclic amines) is 2. The van der Waals surface area contributed by atoms with Crippen LogP contribution in [0.15, 0.2) is 60.7 Å². The molecule has 0 aliphatic carbocycles. The number of carbonyl (C=O) groups excluding carboxylic acids is 2. The van der Waals surface area contributed by atoms with Crippen molar-refractivity contribution in [3.05, 3.63) is 71.8 Å². The van der Waals surface area contributed by atoms with Crippen LogP contribution >= 0.6 is 0 Å². The molecule has 2 heterocycles. The summed E-state index contributed by atoms with van der Waals surface area (Å²) in [4.78, 5) is 29.2. The summed E-state index contributed by atoms with van der Waals surface area (Å²) in [6.07, 6.45) is 0.481. The zero-order valence-electron chi connectivity index (χ0n) is 14.2. The molecule has 25 heavy (non-hydrogen) atoms. The van der Waals surface area contributed by atoms with Crippen LogP contribution in [0.4, 0.5) is 0 Å². The van der Waals surface area contributed by atoms with Gasteiger partial charge in [-0.3, -0.25) is 19.4 Å². The maximum Gasteiger partial charge on any atom is 0.234 e. The third kappa shape index (κ3) is 3.35. The van der Waals surface area contributed by atoms with E-state index >= 15 is 0 Å². The van der Waals surface area contributed by atoms with Crippen LogP contribution in [-0.2, 0) is 22.7 Å². The smallest absolute Gasteiger partial charge is 0.234 e. The molecule has 2 aromatic rings. The van der Waals surface area contributed by atoms with E-state index in [4.69, 9.17) is 0 Å². The third-order valence-electron chi connectivity index (χ3n) is 5.27. The van der Waals surface area contributed by atoms with Gasteiger partial charge < -0.3 is 0 Å². The molecule has 0 N–H and O–H groups in total. The number of hydrogen-bond donors (Lipinski definition) is 0. The minimum atomic E-state index is -0.0508. The summed E-state index contributed by atoms with van der Waals surface area (Å²) in [5, 5.41) is 0. The van der Waals surface area contributed by atoms with E-state index in [1.54, 1.807) is 0 Å². The monoisotopic (exact) mass is 334 g/mol. The molecule has 128 valence electrons. The van der Waals surface area contributed by atoms with Gasteiger partial charge >= 0.3 is 0 Å². The van der Waals surface area contributed by atoms with Gasteiger partial charge in [0.25, 0.3) is 0 Å². The van der Waals surface area contributed by atoms with Gasteiger partial charge in [-0.15, -0.1) is 0 Å². The lowest BCUT2D eigenvalue weighted by atomic mass is 9.87. The van der Waals surface area contributed by atoms with Gasteiger partial charge in [0.2, 0.25) is 11.8 Å². The Kier molecular flexibility index (Phi) is 4.36. The van der Waals surface area contributed by atoms with E-state index in [9.17, 15) is 9.59 Å². The molecule has 4 heteroatoms. The molecule has 0 radical (unpaired) electrons. The molecule has 0 aromatic heterocycles. The lowest BCUT2D eigenvalue weighted by Crippen LogP contribution is -2.48. The number of fused-ring (bicyclic) bond motifs is 1. The molecule has 2 fully saturated rings. The summed E-state index contributed by atoms with van der Waals surface area (Å²) in [7, 11) is 0. The molecule has 0 bridgehead atoms. The first-order chi connectivity index (χ1) is 12.2. The first-order valence-corrected chi connectivity index (χ1v) is 8.85. The van der Waals surface area contributed by atoms with Gasteiger partial charge in [-0.1, -0.05) is 60.7 Å². The molecule has 4 nitrogen and oxygen atoms in total. The average molecular weight is 334 g/mol. The highest BCUT2D eigenvalue weighted by Gasteiger charge is 2.46. The zero-order valence-corrected chi connectivity index (χ0v) is 14.2. The molecule has 0 spiro atoms. The lowest BCUT2D eigenvalue weighted by molar-refractivity contribution is -0.153. The number of imide groups is 1. The Morgan fingerprint density at radius 2 is 1.40 bits per heavy atom. The van der Waals surface area contributed by atoms with E-state index in [1.165, 1.54) is 10.5 Å². The zero-order chi connectivity index (χ0) is 17.2. The second-order valence-corrected chi connectivity index (χ2v) is 7.05. The maximum absolute atomic E-state index is 12.9. The average Bonchev–Trinajstić information content (AvgIpc) is 3.03. The summed E-state index contributed by atoms with van der Waals surface area (Å²) in [6.45, 7) is 2.81. The molecule has 4 rings (SSSR count). The molecular formula is C21H22N2O2. The Labute approximate surface area is 148 Å². The Bertz CT molecular complexity index is 760. The van der Waals surface area contributed by atoms with Gasteiger partial charge in [-0.05, 0) is 17.0 Å². The van der Waals surface area contributed by atoms with E-state index in [0.717, 1.165) is 25.2 Å². The molecule has 0 saturated carbocycles. The highest BCUT2D eigenvalue weighted by molar-refractivity contribution is 5.99. The van der Waals surface area contributed by atoms with Gasteiger partial charge in [-0.2, -0.15) is 0 Å². The van der Waals surface area contributed by atoms with Crippen molar-refractivity contribution < 1.29 is 9.59 Å². The van der Waals surface area contributed by atoms with Gasteiger partial charge in [0.1, 0.15) is 0 Å². The highest BCUT2D eigenvalue weighted by Crippen LogP contribution is 2.34. The van der Waals surface area contributed by atoms with Gasteiger partial charge in [-0.25, -0.2) is 0 Å². The second kappa shape index (κ2) is 6.81. The minimum Gasteiger partial charge on any atom is -0.298 e. The molecule has 2 amide bonds. The fraction of sp³-hybridized carbons (Fsp3) is 0.333. The Morgan fingerprint density at radius 1 is 0.800 bits per heavy atom. The number of rotatable bonds is 4. The Hall–Kier alpha value is -2.46. The summed E-state index contributed by atoms with van der Waals surface area (Å²) < 4.78 is 0. The van der Waals surface area contributed by atoms with Gasteiger partial charge in [0.15, 0.2) is 0 Å². The fourth-order valence-corrected chi connectivity index (χ4v) is 4.01. The number of benzene rings is 2. The SMILES string of the molecule is O=C1CC2CN(Cc3ccccc3)CC2C(=O)N1Cc1ccccc1. The molecular weight excluding hydrogens is 312 g/mol. The molecule has 2 atom stereocenters. The second-order valence-electron chi connectivity index (χ2n) is 7.05. The normalized spacial score (nSPS) is 23.8. The van der Waals surface area contributed by atoms with Crippen molar-refractivity contribution in [3.63, 3.8) is 0 Å². The molecule has 2 aliphatic rings. The first kappa shape index (κ1) is 16.0. The van der Waals surface area contributed by atoms with Crippen molar-refractivity contribution in [2.24, 2.45) is 11.8 Å². The van der Waals surface area contributed by atoms with Crippen LogP contribution in [-0.4, -0.2) is 34.7 Å². The Balaban J connectivity index is 1.45. The minimum absolute atomic E-state index is 0.000615. The van der Waals surface area contributed by atoms with E-state index in [0.29, 0.717) is 13.0 Å². The summed E-state index contributed by atoms with van der Waals surface area (Å²) in [5.41, 5.74) is 2.25.